The monoisotopic (exact) mass is 338 g/mol. The molecule has 24 heavy (non-hydrogen) atoms. The third-order valence-electron chi connectivity index (χ3n) is 3.95. The summed E-state index contributed by atoms with van der Waals surface area (Å²) < 4.78 is 5.01. The van der Waals surface area contributed by atoms with Gasteiger partial charge < -0.3 is 9.84 Å². The van der Waals surface area contributed by atoms with Crippen molar-refractivity contribution >= 4 is 5.97 Å². The van der Waals surface area contributed by atoms with E-state index in [1.165, 1.54) is 51.4 Å². The molecule has 0 rings (SSSR count). The van der Waals surface area contributed by atoms with Crippen LogP contribution in [0.15, 0.2) is 24.3 Å². The molecule has 0 aliphatic rings. The first-order valence-electron chi connectivity index (χ1n) is 9.82. The van der Waals surface area contributed by atoms with E-state index >= 15 is 0 Å². The summed E-state index contributed by atoms with van der Waals surface area (Å²) in [4.78, 5) is 11.4. The molecule has 0 saturated heterocycles. The minimum atomic E-state index is -0.380. The Morgan fingerprint density at radius 3 is 2.04 bits per heavy atom. The molecule has 0 heterocycles. The van der Waals surface area contributed by atoms with Gasteiger partial charge in [-0.1, -0.05) is 69.8 Å². The van der Waals surface area contributed by atoms with E-state index in [4.69, 9.17) is 9.84 Å². The molecule has 0 radical (unpaired) electrons. The second-order valence-electron chi connectivity index (χ2n) is 6.50. The van der Waals surface area contributed by atoms with Crippen LogP contribution in [-0.2, 0) is 9.53 Å². The van der Waals surface area contributed by atoms with Crippen LogP contribution in [0.1, 0.15) is 90.9 Å². The van der Waals surface area contributed by atoms with E-state index in [2.05, 4.69) is 31.2 Å². The average molecular weight is 339 g/mol. The highest BCUT2D eigenvalue weighted by Gasteiger charge is 2.07. The zero-order valence-electron chi connectivity index (χ0n) is 15.8. The maximum Gasteiger partial charge on any atom is 0.306 e. The first-order valence-corrected chi connectivity index (χ1v) is 9.82. The summed E-state index contributed by atoms with van der Waals surface area (Å²) in [5.74, 6) is -0.194. The minimum Gasteiger partial charge on any atom is -0.460 e. The normalized spacial score (nSPS) is 13.0. The number of rotatable bonds is 16. The van der Waals surface area contributed by atoms with Gasteiger partial charge in [-0.2, -0.15) is 0 Å². The van der Waals surface area contributed by atoms with Crippen LogP contribution < -0.4 is 0 Å². The molecule has 1 unspecified atom stereocenters. The fourth-order valence-electron chi connectivity index (χ4n) is 2.42. The Balaban J connectivity index is 3.31. The number of aliphatic hydroxyl groups is 1. The smallest absolute Gasteiger partial charge is 0.306 e. The number of unbranched alkanes of at least 4 members (excludes halogenated alkanes) is 9. The number of esters is 1. The number of aliphatic hydroxyl groups excluding tert-OH is 1. The summed E-state index contributed by atoms with van der Waals surface area (Å²) in [7, 11) is 0. The lowest BCUT2D eigenvalue weighted by Gasteiger charge is -2.09. The van der Waals surface area contributed by atoms with E-state index in [-0.39, 0.29) is 18.7 Å². The summed E-state index contributed by atoms with van der Waals surface area (Å²) in [6.07, 6.45) is 22.1. The third kappa shape index (κ3) is 17.3. The average Bonchev–Trinajstić information content (AvgIpc) is 2.58. The van der Waals surface area contributed by atoms with Gasteiger partial charge in [0, 0.05) is 6.42 Å². The van der Waals surface area contributed by atoms with Crippen molar-refractivity contribution in [2.75, 3.05) is 6.61 Å². The highest BCUT2D eigenvalue weighted by atomic mass is 16.5. The van der Waals surface area contributed by atoms with E-state index in [1.807, 2.05) is 0 Å². The Morgan fingerprint density at radius 2 is 1.46 bits per heavy atom. The van der Waals surface area contributed by atoms with Crippen LogP contribution in [0, 0.1) is 0 Å². The third-order valence-corrected chi connectivity index (χ3v) is 3.95. The molecule has 0 aromatic rings. The molecule has 0 saturated carbocycles. The van der Waals surface area contributed by atoms with Crippen LogP contribution in [-0.4, -0.2) is 23.8 Å². The van der Waals surface area contributed by atoms with Gasteiger partial charge in [-0.25, -0.2) is 0 Å². The zero-order valence-corrected chi connectivity index (χ0v) is 15.8. The fraction of sp³-hybridized carbons (Fsp3) is 0.762. The molecule has 0 aliphatic heterocycles. The molecule has 0 fully saturated rings. The van der Waals surface area contributed by atoms with Crippen molar-refractivity contribution in [2.24, 2.45) is 0 Å². The maximum atomic E-state index is 11.4. The Hall–Kier alpha value is -1.09. The molecule has 0 aromatic carbocycles. The zero-order chi connectivity index (χ0) is 17.9. The number of hydrogen-bond acceptors (Lipinski definition) is 3. The molecule has 0 bridgehead atoms. The highest BCUT2D eigenvalue weighted by Crippen LogP contribution is 2.09. The maximum absolute atomic E-state index is 11.4. The molecular weight excluding hydrogens is 300 g/mol. The van der Waals surface area contributed by atoms with Gasteiger partial charge in [-0.15, -0.1) is 0 Å². The van der Waals surface area contributed by atoms with E-state index in [9.17, 15) is 4.79 Å². The molecule has 3 heteroatoms. The molecule has 0 amide bonds. The fourth-order valence-corrected chi connectivity index (χ4v) is 2.42. The quantitative estimate of drug-likeness (QED) is 0.222. The van der Waals surface area contributed by atoms with Gasteiger partial charge in [0.1, 0.15) is 6.10 Å². The Kier molecular flexibility index (Phi) is 17.4. The molecule has 0 aliphatic carbocycles. The van der Waals surface area contributed by atoms with Crippen LogP contribution >= 0.6 is 0 Å². The molecule has 1 atom stereocenters. The second kappa shape index (κ2) is 18.3. The Morgan fingerprint density at radius 1 is 0.917 bits per heavy atom. The Bertz CT molecular complexity index is 334. The SMILES string of the molecule is CCCCCC/C=C/C=C\CCCCCCCC(=O)OC(C)CO. The summed E-state index contributed by atoms with van der Waals surface area (Å²) in [5.41, 5.74) is 0. The second-order valence-corrected chi connectivity index (χ2v) is 6.50. The molecule has 3 nitrogen and oxygen atoms in total. The van der Waals surface area contributed by atoms with Crippen LogP contribution in [0.2, 0.25) is 0 Å². The first kappa shape index (κ1) is 22.9. The van der Waals surface area contributed by atoms with E-state index in [1.54, 1.807) is 6.92 Å². The van der Waals surface area contributed by atoms with Gasteiger partial charge in [0.15, 0.2) is 0 Å². The summed E-state index contributed by atoms with van der Waals surface area (Å²) in [6.45, 7) is 3.84. The van der Waals surface area contributed by atoms with Gasteiger partial charge in [-0.05, 0) is 39.0 Å². The number of hydrogen-bond donors (Lipinski definition) is 1. The standard InChI is InChI=1S/C21H38O3/c1-3-4-5-6-7-8-9-10-11-12-13-14-15-16-17-18-21(23)24-20(2)19-22/h8-11,20,22H,3-7,12-19H2,1-2H3/b9-8+,11-10-. The van der Waals surface area contributed by atoms with Crippen LogP contribution in [0.5, 0.6) is 0 Å². The first-order chi connectivity index (χ1) is 11.7. The van der Waals surface area contributed by atoms with Crippen molar-refractivity contribution in [3.8, 4) is 0 Å². The lowest BCUT2D eigenvalue weighted by molar-refractivity contribution is -0.150. The largest absolute Gasteiger partial charge is 0.460 e. The predicted molar refractivity (Wildman–Crippen MR) is 102 cm³/mol. The number of ether oxygens (including phenoxy) is 1. The van der Waals surface area contributed by atoms with Crippen molar-refractivity contribution in [3.05, 3.63) is 24.3 Å². The van der Waals surface area contributed by atoms with E-state index < -0.39 is 0 Å². The summed E-state index contributed by atoms with van der Waals surface area (Å²) in [5, 5.41) is 8.80. The van der Waals surface area contributed by atoms with Crippen molar-refractivity contribution in [1.29, 1.82) is 0 Å². The minimum absolute atomic E-state index is 0.104. The lowest BCUT2D eigenvalue weighted by Crippen LogP contribution is -2.18. The molecule has 1 N–H and O–H groups in total. The summed E-state index contributed by atoms with van der Waals surface area (Å²) in [6, 6.07) is 0. The van der Waals surface area contributed by atoms with Crippen molar-refractivity contribution in [1.82, 2.24) is 0 Å². The Labute approximate surface area is 149 Å². The lowest BCUT2D eigenvalue weighted by atomic mass is 10.1. The number of allylic oxidation sites excluding steroid dienone is 4. The van der Waals surface area contributed by atoms with Crippen molar-refractivity contribution in [3.63, 3.8) is 0 Å². The van der Waals surface area contributed by atoms with Gasteiger partial charge in [0.05, 0.1) is 6.61 Å². The van der Waals surface area contributed by atoms with Crippen molar-refractivity contribution in [2.45, 2.75) is 97.0 Å². The highest BCUT2D eigenvalue weighted by molar-refractivity contribution is 5.69. The van der Waals surface area contributed by atoms with Gasteiger partial charge in [0.25, 0.3) is 0 Å². The van der Waals surface area contributed by atoms with Crippen LogP contribution in [0.3, 0.4) is 0 Å². The van der Waals surface area contributed by atoms with E-state index in [0.717, 1.165) is 19.3 Å². The topological polar surface area (TPSA) is 46.5 Å². The molecule has 0 spiro atoms. The number of carbonyl (C=O) groups is 1. The predicted octanol–water partition coefficient (Wildman–Crippen LogP) is 5.72. The van der Waals surface area contributed by atoms with Crippen LogP contribution in [0.4, 0.5) is 0 Å². The van der Waals surface area contributed by atoms with Crippen LogP contribution in [0.25, 0.3) is 0 Å². The van der Waals surface area contributed by atoms with Gasteiger partial charge in [-0.3, -0.25) is 4.79 Å². The summed E-state index contributed by atoms with van der Waals surface area (Å²) >= 11 is 0. The molecular formula is C21H38O3. The van der Waals surface area contributed by atoms with Crippen molar-refractivity contribution < 1.29 is 14.6 Å². The molecule has 140 valence electrons. The van der Waals surface area contributed by atoms with E-state index in [0.29, 0.717) is 6.42 Å². The number of carbonyl (C=O) groups excluding carboxylic acids is 1. The molecule has 0 aromatic heterocycles. The van der Waals surface area contributed by atoms with Gasteiger partial charge >= 0.3 is 5.97 Å². The van der Waals surface area contributed by atoms with Gasteiger partial charge in [0.2, 0.25) is 0 Å².